The number of amides is 1. The Kier molecular flexibility index (Phi) is 3.73. The fourth-order valence-corrected chi connectivity index (χ4v) is 2.72. The molecule has 98 valence electrons. The standard InChI is InChI=1S/C11H8Br2F3NO/c12-8-2-1-6(5-7(8)11(14,15)16)17-4-3-9(13)10(17)18/h1-2,5,9H,3-4H2. The van der Waals surface area contributed by atoms with E-state index in [-0.39, 0.29) is 20.9 Å². The van der Waals surface area contributed by atoms with E-state index in [1.165, 1.54) is 17.0 Å². The molecule has 0 N–H and O–H groups in total. The van der Waals surface area contributed by atoms with E-state index in [2.05, 4.69) is 31.9 Å². The van der Waals surface area contributed by atoms with Crippen molar-refractivity contribution in [2.45, 2.75) is 17.4 Å². The number of benzene rings is 1. The highest BCUT2D eigenvalue weighted by atomic mass is 79.9. The number of halogens is 5. The van der Waals surface area contributed by atoms with Crippen LogP contribution in [-0.2, 0) is 11.0 Å². The minimum Gasteiger partial charge on any atom is -0.311 e. The van der Waals surface area contributed by atoms with Crippen LogP contribution < -0.4 is 4.90 Å². The highest BCUT2D eigenvalue weighted by Crippen LogP contribution is 2.38. The summed E-state index contributed by atoms with van der Waals surface area (Å²) in [5.74, 6) is -0.203. The van der Waals surface area contributed by atoms with E-state index in [1.807, 2.05) is 0 Å². The number of hydrogen-bond acceptors (Lipinski definition) is 1. The van der Waals surface area contributed by atoms with Crippen LogP contribution in [0.1, 0.15) is 12.0 Å². The van der Waals surface area contributed by atoms with Gasteiger partial charge in [-0.1, -0.05) is 31.9 Å². The number of nitrogens with zero attached hydrogens (tertiary/aromatic N) is 1. The third kappa shape index (κ3) is 2.56. The maximum atomic E-state index is 12.7. The third-order valence-corrected chi connectivity index (χ3v) is 4.25. The third-order valence-electron chi connectivity index (χ3n) is 2.71. The Morgan fingerprint density at radius 3 is 2.50 bits per heavy atom. The summed E-state index contributed by atoms with van der Waals surface area (Å²) in [5, 5.41) is 0. The van der Waals surface area contributed by atoms with Gasteiger partial charge in [-0.3, -0.25) is 4.79 Å². The van der Waals surface area contributed by atoms with Crippen molar-refractivity contribution in [3.05, 3.63) is 28.2 Å². The molecule has 1 atom stereocenters. The molecule has 0 bridgehead atoms. The lowest BCUT2D eigenvalue weighted by Gasteiger charge is -2.18. The van der Waals surface area contributed by atoms with E-state index >= 15 is 0 Å². The van der Waals surface area contributed by atoms with Crippen LogP contribution in [0.25, 0.3) is 0 Å². The van der Waals surface area contributed by atoms with Crippen LogP contribution in [0, 0.1) is 0 Å². The fourth-order valence-electron chi connectivity index (χ4n) is 1.80. The minimum atomic E-state index is -4.44. The Hall–Kier alpha value is -0.560. The molecule has 0 saturated carbocycles. The van der Waals surface area contributed by atoms with Gasteiger partial charge in [0.2, 0.25) is 5.91 Å². The van der Waals surface area contributed by atoms with Crippen molar-refractivity contribution in [3.63, 3.8) is 0 Å². The number of hydrogen-bond donors (Lipinski definition) is 0. The molecule has 2 rings (SSSR count). The van der Waals surface area contributed by atoms with Crippen LogP contribution in [-0.4, -0.2) is 17.3 Å². The molecule has 0 spiro atoms. The van der Waals surface area contributed by atoms with Gasteiger partial charge >= 0.3 is 6.18 Å². The number of carbonyl (C=O) groups excluding carboxylic acids is 1. The van der Waals surface area contributed by atoms with Gasteiger partial charge in [-0.05, 0) is 24.6 Å². The molecule has 1 unspecified atom stereocenters. The molecule has 1 aliphatic heterocycles. The minimum absolute atomic E-state index is 0.0270. The lowest BCUT2D eigenvalue weighted by Crippen LogP contribution is -2.27. The molecule has 1 amide bonds. The first-order valence-electron chi connectivity index (χ1n) is 5.13. The lowest BCUT2D eigenvalue weighted by atomic mass is 10.2. The molecule has 2 nitrogen and oxygen atoms in total. The lowest BCUT2D eigenvalue weighted by molar-refractivity contribution is -0.138. The Morgan fingerprint density at radius 1 is 1.33 bits per heavy atom. The van der Waals surface area contributed by atoms with Gasteiger partial charge < -0.3 is 4.90 Å². The summed E-state index contributed by atoms with van der Waals surface area (Å²) in [6.07, 6.45) is -3.85. The van der Waals surface area contributed by atoms with Crippen LogP contribution >= 0.6 is 31.9 Å². The summed E-state index contributed by atoms with van der Waals surface area (Å²) in [5.41, 5.74) is -0.497. The van der Waals surface area contributed by atoms with Gasteiger partial charge in [0.05, 0.1) is 10.4 Å². The van der Waals surface area contributed by atoms with E-state index in [1.54, 1.807) is 0 Å². The summed E-state index contributed by atoms with van der Waals surface area (Å²) < 4.78 is 38.2. The zero-order valence-corrected chi connectivity index (χ0v) is 12.1. The van der Waals surface area contributed by atoms with Crippen molar-refractivity contribution in [1.82, 2.24) is 0 Å². The monoisotopic (exact) mass is 385 g/mol. The SMILES string of the molecule is O=C1C(Br)CCN1c1ccc(Br)c(C(F)(F)F)c1. The normalized spacial score (nSPS) is 20.6. The van der Waals surface area contributed by atoms with Crippen molar-refractivity contribution < 1.29 is 18.0 Å². The van der Waals surface area contributed by atoms with Gasteiger partial charge in [0, 0.05) is 16.7 Å². The van der Waals surface area contributed by atoms with E-state index in [4.69, 9.17) is 0 Å². The molecule has 1 saturated heterocycles. The highest BCUT2D eigenvalue weighted by Gasteiger charge is 2.35. The zero-order valence-electron chi connectivity index (χ0n) is 8.97. The maximum Gasteiger partial charge on any atom is 0.417 e. The molecular weight excluding hydrogens is 379 g/mol. The van der Waals surface area contributed by atoms with Gasteiger partial charge in [-0.25, -0.2) is 0 Å². The molecule has 1 aromatic rings. The zero-order chi connectivity index (χ0) is 13.5. The van der Waals surface area contributed by atoms with Gasteiger partial charge in [0.15, 0.2) is 0 Å². The van der Waals surface area contributed by atoms with Crippen molar-refractivity contribution in [1.29, 1.82) is 0 Å². The Morgan fingerprint density at radius 2 is 2.00 bits per heavy atom. The summed E-state index contributed by atoms with van der Waals surface area (Å²) in [7, 11) is 0. The van der Waals surface area contributed by atoms with Crippen LogP contribution in [0.2, 0.25) is 0 Å². The summed E-state index contributed by atoms with van der Waals surface area (Å²) >= 11 is 6.06. The van der Waals surface area contributed by atoms with Crippen molar-refractivity contribution in [3.8, 4) is 0 Å². The average molecular weight is 387 g/mol. The Bertz CT molecular complexity index is 490. The Labute approximate surface area is 118 Å². The molecule has 0 aliphatic carbocycles. The summed E-state index contributed by atoms with van der Waals surface area (Å²) in [6.45, 7) is 0.424. The molecule has 0 aromatic heterocycles. The molecule has 0 radical (unpaired) electrons. The number of rotatable bonds is 1. The van der Waals surface area contributed by atoms with Crippen molar-refractivity contribution >= 4 is 43.5 Å². The van der Waals surface area contributed by atoms with Gasteiger partial charge in [0.25, 0.3) is 0 Å². The Balaban J connectivity index is 2.39. The maximum absolute atomic E-state index is 12.7. The molecule has 1 aliphatic rings. The predicted molar refractivity (Wildman–Crippen MR) is 68.8 cm³/mol. The second-order valence-electron chi connectivity index (χ2n) is 3.91. The predicted octanol–water partition coefficient (Wildman–Crippen LogP) is 3.97. The van der Waals surface area contributed by atoms with Crippen LogP contribution in [0.15, 0.2) is 22.7 Å². The van der Waals surface area contributed by atoms with E-state index < -0.39 is 11.7 Å². The van der Waals surface area contributed by atoms with E-state index in [0.29, 0.717) is 13.0 Å². The first kappa shape index (κ1) is 13.9. The number of carbonyl (C=O) groups is 1. The fraction of sp³-hybridized carbons (Fsp3) is 0.364. The molecule has 1 aromatic carbocycles. The molecular formula is C11H8Br2F3NO. The smallest absolute Gasteiger partial charge is 0.311 e. The first-order valence-corrected chi connectivity index (χ1v) is 6.84. The van der Waals surface area contributed by atoms with Crippen LogP contribution in [0.5, 0.6) is 0 Å². The van der Waals surface area contributed by atoms with E-state index in [9.17, 15) is 18.0 Å². The summed E-state index contributed by atoms with van der Waals surface area (Å²) in [6, 6.07) is 3.81. The average Bonchev–Trinajstić information content (AvgIpc) is 2.59. The molecule has 1 heterocycles. The second kappa shape index (κ2) is 4.85. The summed E-state index contributed by atoms with van der Waals surface area (Å²) in [4.78, 5) is 12.8. The van der Waals surface area contributed by atoms with E-state index in [0.717, 1.165) is 6.07 Å². The quantitative estimate of drug-likeness (QED) is 0.669. The van der Waals surface area contributed by atoms with Gasteiger partial charge in [-0.15, -0.1) is 0 Å². The molecule has 1 fully saturated rings. The molecule has 7 heteroatoms. The first-order chi connectivity index (χ1) is 8.30. The van der Waals surface area contributed by atoms with Gasteiger partial charge in [0.1, 0.15) is 0 Å². The largest absolute Gasteiger partial charge is 0.417 e. The number of anilines is 1. The van der Waals surface area contributed by atoms with Gasteiger partial charge in [-0.2, -0.15) is 13.2 Å². The topological polar surface area (TPSA) is 20.3 Å². The van der Waals surface area contributed by atoms with Crippen molar-refractivity contribution in [2.75, 3.05) is 11.4 Å². The van der Waals surface area contributed by atoms with Crippen molar-refractivity contribution in [2.24, 2.45) is 0 Å². The van der Waals surface area contributed by atoms with Crippen LogP contribution in [0.3, 0.4) is 0 Å². The second-order valence-corrected chi connectivity index (χ2v) is 5.87. The highest BCUT2D eigenvalue weighted by molar-refractivity contribution is 9.10. The number of alkyl halides is 4. The van der Waals surface area contributed by atoms with Crippen LogP contribution in [0.4, 0.5) is 18.9 Å². The molecule has 18 heavy (non-hydrogen) atoms.